The molecule has 4 heterocycles. The Labute approximate surface area is 264 Å². The molecule has 0 saturated heterocycles. The summed E-state index contributed by atoms with van der Waals surface area (Å²) in [5.41, 5.74) is 10.0. The third kappa shape index (κ3) is 3.49. The zero-order chi connectivity index (χ0) is 30.8. The van der Waals surface area contributed by atoms with Crippen molar-refractivity contribution in [3.63, 3.8) is 0 Å². The van der Waals surface area contributed by atoms with Crippen molar-refractivity contribution in [2.24, 2.45) is 0 Å². The Morgan fingerprint density at radius 2 is 1.00 bits per heavy atom. The van der Waals surface area contributed by atoms with Crippen LogP contribution in [0.2, 0.25) is 0 Å². The maximum Gasteiger partial charge on any atom is 0.155 e. The van der Waals surface area contributed by atoms with Gasteiger partial charge in [-0.05, 0) is 89.9 Å². The van der Waals surface area contributed by atoms with Gasteiger partial charge in [-0.15, -0.1) is 0 Å². The van der Waals surface area contributed by atoms with Gasteiger partial charge in [0, 0.05) is 5.69 Å². The van der Waals surface area contributed by atoms with Crippen molar-refractivity contribution < 1.29 is 14.2 Å². The summed E-state index contributed by atoms with van der Waals surface area (Å²) in [6.07, 6.45) is 0. The van der Waals surface area contributed by atoms with Gasteiger partial charge in [0.15, 0.2) is 34.5 Å². The first kappa shape index (κ1) is 26.5. The smallest absolute Gasteiger partial charge is 0.155 e. The van der Waals surface area contributed by atoms with E-state index in [0.717, 1.165) is 63.2 Å². The van der Waals surface area contributed by atoms with Crippen LogP contribution in [0.15, 0.2) is 91.0 Å². The molecule has 4 aliphatic rings. The lowest BCUT2D eigenvalue weighted by atomic mass is 9.88. The van der Waals surface area contributed by atoms with Crippen LogP contribution >= 0.6 is 0 Å². The number of hydrogen-bond acceptors (Lipinski definition) is 5. The van der Waals surface area contributed by atoms with E-state index in [1.54, 1.807) is 0 Å². The third-order valence-corrected chi connectivity index (χ3v) is 9.76. The van der Waals surface area contributed by atoms with Gasteiger partial charge in [0.2, 0.25) is 0 Å². The number of benzene rings is 5. The van der Waals surface area contributed by atoms with E-state index in [1.165, 1.54) is 27.9 Å². The Kier molecular flexibility index (Phi) is 5.34. The van der Waals surface area contributed by atoms with E-state index < -0.39 is 0 Å². The highest BCUT2D eigenvalue weighted by Gasteiger charge is 2.49. The molecule has 5 aromatic carbocycles. The van der Waals surface area contributed by atoms with Crippen molar-refractivity contribution in [3.05, 3.63) is 125 Å². The van der Waals surface area contributed by atoms with Crippen molar-refractivity contribution in [1.82, 2.24) is 0 Å². The van der Waals surface area contributed by atoms with Crippen LogP contribution in [0.5, 0.6) is 34.5 Å². The predicted octanol–water partition coefficient (Wildman–Crippen LogP) is 11.4. The number of nitrogens with zero attached hydrogens (tertiary/aromatic N) is 2. The van der Waals surface area contributed by atoms with E-state index in [1.807, 2.05) is 36.4 Å². The average Bonchev–Trinajstić information content (AvgIpc) is 3.26. The first-order valence-corrected chi connectivity index (χ1v) is 15.9. The largest absolute Gasteiger partial charge is 0.453 e. The molecule has 0 saturated carbocycles. The highest BCUT2D eigenvalue weighted by molar-refractivity contribution is 6.00. The summed E-state index contributed by atoms with van der Waals surface area (Å²) in [7, 11) is 0. The molecule has 1 radical (unpaired) electrons. The number of para-hydroxylation sites is 3. The van der Waals surface area contributed by atoms with Crippen LogP contribution in [-0.4, -0.2) is 0 Å². The minimum atomic E-state index is -0.303. The molecule has 0 aliphatic carbocycles. The zero-order valence-electron chi connectivity index (χ0n) is 26.4. The summed E-state index contributed by atoms with van der Waals surface area (Å²) in [4.78, 5) is 4.86. The van der Waals surface area contributed by atoms with E-state index in [4.69, 9.17) is 14.2 Å². The maximum atomic E-state index is 6.72. The van der Waals surface area contributed by atoms with Gasteiger partial charge < -0.3 is 19.1 Å². The van der Waals surface area contributed by atoms with Gasteiger partial charge in [-0.25, -0.2) is 0 Å². The van der Waals surface area contributed by atoms with Crippen LogP contribution in [0.1, 0.15) is 81.2 Å². The summed E-state index contributed by atoms with van der Waals surface area (Å²) in [6.45, 7) is 13.9. The number of rotatable bonds is 4. The monoisotopic (exact) mass is 591 g/mol. The molecular formula is C40H35N2O3. The molecule has 0 aromatic heterocycles. The minimum absolute atomic E-state index is 0.303. The van der Waals surface area contributed by atoms with Crippen molar-refractivity contribution in [1.29, 1.82) is 0 Å². The lowest BCUT2D eigenvalue weighted by Gasteiger charge is -2.43. The molecule has 5 heteroatoms. The van der Waals surface area contributed by atoms with Gasteiger partial charge >= 0.3 is 0 Å². The second-order valence-corrected chi connectivity index (χ2v) is 13.6. The molecule has 0 amide bonds. The zero-order valence-corrected chi connectivity index (χ0v) is 26.4. The fourth-order valence-corrected chi connectivity index (χ4v) is 7.75. The van der Waals surface area contributed by atoms with Crippen molar-refractivity contribution in [2.75, 3.05) is 9.80 Å². The summed E-state index contributed by atoms with van der Waals surface area (Å²) >= 11 is 0. The summed E-state index contributed by atoms with van der Waals surface area (Å²) in [6, 6.07) is 33.2. The lowest BCUT2D eigenvalue weighted by Crippen LogP contribution is -2.40. The number of anilines is 4. The van der Waals surface area contributed by atoms with Crippen LogP contribution in [0.3, 0.4) is 0 Å². The molecule has 45 heavy (non-hydrogen) atoms. The molecule has 0 unspecified atom stereocenters. The van der Waals surface area contributed by atoms with E-state index >= 15 is 0 Å². The van der Waals surface area contributed by atoms with Crippen LogP contribution < -0.4 is 24.0 Å². The summed E-state index contributed by atoms with van der Waals surface area (Å²) < 4.78 is 19.8. The van der Waals surface area contributed by atoms with E-state index in [-0.39, 0.29) is 5.54 Å². The van der Waals surface area contributed by atoms with Crippen molar-refractivity contribution in [2.45, 2.75) is 58.9 Å². The number of hydrogen-bond donors (Lipinski definition) is 0. The van der Waals surface area contributed by atoms with Crippen molar-refractivity contribution >= 4 is 22.7 Å². The molecule has 4 aliphatic heterocycles. The fraction of sp³-hybridized carbons (Fsp3) is 0.225. The van der Waals surface area contributed by atoms with Gasteiger partial charge in [0.1, 0.15) is 23.1 Å². The number of fused-ring (bicyclic) bond motifs is 1. The second-order valence-electron chi connectivity index (χ2n) is 13.6. The van der Waals surface area contributed by atoms with Gasteiger partial charge in [0.25, 0.3) is 0 Å². The Morgan fingerprint density at radius 3 is 1.53 bits per heavy atom. The Bertz CT molecular complexity index is 1960. The number of ether oxygens (including phenoxy) is 3. The molecule has 5 nitrogen and oxygen atoms in total. The molecule has 223 valence electrons. The predicted molar refractivity (Wildman–Crippen MR) is 179 cm³/mol. The van der Waals surface area contributed by atoms with Crippen molar-refractivity contribution in [3.8, 4) is 34.5 Å². The van der Waals surface area contributed by atoms with E-state index in [2.05, 4.69) is 106 Å². The molecule has 0 bridgehead atoms. The third-order valence-electron chi connectivity index (χ3n) is 9.76. The second kappa shape index (κ2) is 9.07. The Hall–Kier alpha value is -4.90. The van der Waals surface area contributed by atoms with E-state index in [9.17, 15) is 0 Å². The highest BCUT2D eigenvalue weighted by atomic mass is 16.5. The standard InChI is InChI=1S/C40H35N2O3/c1-22(2)25-13-9-14-26(23(3)4)36(25)42-35(27-12-7-8-15-28(27)40(42,5)6)24-20-33-39-34(21-24)45-32-19-11-17-30-38(32)41(39)37-29(43-30)16-10-18-31(37)44-33/h7-23H,1-6H3. The van der Waals surface area contributed by atoms with Gasteiger partial charge in [-0.2, -0.15) is 0 Å². The van der Waals surface area contributed by atoms with E-state index in [0.29, 0.717) is 11.8 Å². The first-order valence-electron chi connectivity index (χ1n) is 15.9. The fourth-order valence-electron chi connectivity index (χ4n) is 7.75. The Morgan fingerprint density at radius 1 is 0.533 bits per heavy atom. The molecule has 9 rings (SSSR count). The maximum absolute atomic E-state index is 6.72. The molecular weight excluding hydrogens is 556 g/mol. The molecule has 0 fully saturated rings. The normalized spacial score (nSPS) is 16.3. The van der Waals surface area contributed by atoms with Crippen LogP contribution in [0.25, 0.3) is 0 Å². The summed E-state index contributed by atoms with van der Waals surface area (Å²) in [5, 5.41) is 0. The van der Waals surface area contributed by atoms with Gasteiger partial charge in [0.05, 0.1) is 5.54 Å². The van der Waals surface area contributed by atoms with Gasteiger partial charge in [-0.3, -0.25) is 4.90 Å². The van der Waals surface area contributed by atoms with Crippen LogP contribution in [-0.2, 0) is 5.54 Å². The topological polar surface area (TPSA) is 34.2 Å². The SMILES string of the molecule is CC(C)c1cccc(C(C)C)c1N1[C](c2cc3c4c(c2)Oc2cccc5c2N4c2c(cccc2O3)O5)c2ccccc2C1(C)C. The quantitative estimate of drug-likeness (QED) is 0.203. The molecule has 0 atom stereocenters. The lowest BCUT2D eigenvalue weighted by molar-refractivity contribution is 0.417. The molecule has 0 N–H and O–H groups in total. The average molecular weight is 592 g/mol. The highest BCUT2D eigenvalue weighted by Crippen LogP contribution is 2.67. The molecule has 5 aromatic rings. The van der Waals surface area contributed by atoms with Gasteiger partial charge in [-0.1, -0.05) is 82.3 Å². The Balaban J connectivity index is 1.31. The van der Waals surface area contributed by atoms with Crippen LogP contribution in [0.4, 0.5) is 22.7 Å². The minimum Gasteiger partial charge on any atom is -0.453 e. The first-order chi connectivity index (χ1) is 21.7. The molecule has 0 spiro atoms. The van der Waals surface area contributed by atoms with Crippen LogP contribution in [0, 0.1) is 6.04 Å². The summed E-state index contributed by atoms with van der Waals surface area (Å²) in [5.74, 6) is 5.34.